The number of unbranched alkanes of at least 4 members (excludes halogenated alkanes) is 1. The summed E-state index contributed by atoms with van der Waals surface area (Å²) in [4.78, 5) is 17.8. The Balaban J connectivity index is 1.91. The van der Waals surface area contributed by atoms with Crippen molar-refractivity contribution in [3.63, 3.8) is 0 Å². The van der Waals surface area contributed by atoms with Crippen LogP contribution < -0.4 is 15.0 Å². The number of aryl methyl sites for hydroxylation is 1. The third kappa shape index (κ3) is 3.19. The summed E-state index contributed by atoms with van der Waals surface area (Å²) in [5, 5.41) is 0. The average Bonchev–Trinajstić information content (AvgIpc) is 2.66. The van der Waals surface area contributed by atoms with Gasteiger partial charge in [0.05, 0.1) is 12.5 Å². The smallest absolute Gasteiger partial charge is 0.305 e. The number of hydrogen-bond acceptors (Lipinski definition) is 4. The summed E-state index contributed by atoms with van der Waals surface area (Å²) in [5.41, 5.74) is 9.10. The molecule has 2 heterocycles. The van der Waals surface area contributed by atoms with E-state index in [0.717, 1.165) is 48.3 Å². The van der Waals surface area contributed by atoms with Crippen LogP contribution in [0.15, 0.2) is 48.0 Å². The highest BCUT2D eigenvalue weighted by Crippen LogP contribution is 2.50. The van der Waals surface area contributed by atoms with Crippen molar-refractivity contribution >= 4 is 11.6 Å². The van der Waals surface area contributed by atoms with E-state index in [1.54, 1.807) is 6.33 Å². The molecule has 0 bridgehead atoms. The fraction of sp³-hybridized carbons (Fsp3) is 0.435. The Hall–Kier alpha value is -2.69. The van der Waals surface area contributed by atoms with Gasteiger partial charge in [0.1, 0.15) is 11.3 Å². The van der Waals surface area contributed by atoms with E-state index in [4.69, 9.17) is 10.5 Å². The Morgan fingerprint density at radius 3 is 2.71 bits per heavy atom. The van der Waals surface area contributed by atoms with E-state index in [0.29, 0.717) is 18.1 Å². The second kappa shape index (κ2) is 7.04. The summed E-state index contributed by atoms with van der Waals surface area (Å²) >= 11 is 0. The Bertz CT molecular complexity index is 948. The molecule has 2 aliphatic rings. The molecule has 5 nitrogen and oxygen atoms in total. The van der Waals surface area contributed by atoms with E-state index in [2.05, 4.69) is 37.9 Å². The molecule has 0 fully saturated rings. The van der Waals surface area contributed by atoms with E-state index in [-0.39, 0.29) is 17.1 Å². The van der Waals surface area contributed by atoms with Gasteiger partial charge >= 0.3 is 5.88 Å². The molecule has 1 aromatic carbocycles. The summed E-state index contributed by atoms with van der Waals surface area (Å²) in [6.45, 7) is 7.17. The van der Waals surface area contributed by atoms with Crippen LogP contribution >= 0.6 is 0 Å². The number of benzene rings is 1. The van der Waals surface area contributed by atoms with Crippen molar-refractivity contribution in [3.8, 4) is 5.88 Å². The molecule has 146 valence electrons. The van der Waals surface area contributed by atoms with Gasteiger partial charge in [-0.1, -0.05) is 62.5 Å². The summed E-state index contributed by atoms with van der Waals surface area (Å²) in [6.07, 6.45) is 5.10. The lowest BCUT2D eigenvalue weighted by atomic mass is 9.70. The zero-order valence-corrected chi connectivity index (χ0v) is 16.9. The normalized spacial score (nSPS) is 20.4. The number of carbonyl (C=O) groups excluding carboxylic acids is 1. The topological polar surface area (TPSA) is 69.1 Å². The zero-order chi connectivity index (χ0) is 19.9. The highest BCUT2D eigenvalue weighted by molar-refractivity contribution is 6.00. The van der Waals surface area contributed by atoms with Gasteiger partial charge in [0.15, 0.2) is 5.78 Å². The van der Waals surface area contributed by atoms with Crippen molar-refractivity contribution in [2.45, 2.75) is 58.9 Å². The zero-order valence-electron chi connectivity index (χ0n) is 16.9. The number of hydrogen-bond donors (Lipinski definition) is 1. The van der Waals surface area contributed by atoms with Gasteiger partial charge in [-0.2, -0.15) is 0 Å². The molecule has 4 rings (SSSR count). The van der Waals surface area contributed by atoms with Crippen LogP contribution in [0.4, 0.5) is 5.82 Å². The molecule has 5 heteroatoms. The number of ether oxygens (including phenoxy) is 1. The molecule has 1 aliphatic heterocycles. The van der Waals surface area contributed by atoms with Crippen molar-refractivity contribution in [1.82, 2.24) is 4.98 Å². The predicted octanol–water partition coefficient (Wildman–Crippen LogP) is 3.92. The molecule has 0 amide bonds. The number of nitrogens with zero attached hydrogens (tertiary/aromatic N) is 2. The fourth-order valence-electron chi connectivity index (χ4n) is 4.31. The summed E-state index contributed by atoms with van der Waals surface area (Å²) in [7, 11) is 0. The van der Waals surface area contributed by atoms with E-state index < -0.39 is 0 Å². The SMILES string of the molecule is CCCC[n+]1cnc2c(c1N)[C@H](c1ccccc1)C1=C(CC(C)(C)CC1=O)O2. The molecule has 0 radical (unpaired) electrons. The Kier molecular flexibility index (Phi) is 4.69. The summed E-state index contributed by atoms with van der Waals surface area (Å²) in [6, 6.07) is 10.1. The Morgan fingerprint density at radius 1 is 1.25 bits per heavy atom. The first-order valence-corrected chi connectivity index (χ1v) is 10.1. The number of fused-ring (bicyclic) bond motifs is 1. The van der Waals surface area contributed by atoms with Gasteiger partial charge in [0.25, 0.3) is 0 Å². The van der Waals surface area contributed by atoms with Gasteiger partial charge in [-0.15, -0.1) is 0 Å². The van der Waals surface area contributed by atoms with Crippen molar-refractivity contribution in [3.05, 3.63) is 59.1 Å². The largest absolute Gasteiger partial charge is 0.430 e. The van der Waals surface area contributed by atoms with Crippen molar-refractivity contribution in [2.24, 2.45) is 5.41 Å². The maximum Gasteiger partial charge on any atom is 0.305 e. The van der Waals surface area contributed by atoms with E-state index in [1.807, 2.05) is 22.8 Å². The van der Waals surface area contributed by atoms with Crippen LogP contribution in [-0.4, -0.2) is 10.8 Å². The molecular weight excluding hydrogens is 350 g/mol. The van der Waals surface area contributed by atoms with E-state index >= 15 is 0 Å². The number of carbonyl (C=O) groups is 1. The molecule has 0 saturated heterocycles. The molecule has 0 unspecified atom stereocenters. The standard InChI is InChI=1S/C23H27N3O2/c1-4-5-11-26-14-25-22-20(21(26)24)18(15-9-7-6-8-10-15)19-16(27)12-23(2,3)13-17(19)28-22/h6-10,14,18,24H,4-5,11-13H2,1-3H3/p+1/t18-/m1/s1. The molecular formula is C23H28N3O2+. The first-order valence-electron chi connectivity index (χ1n) is 10.1. The minimum atomic E-state index is -0.231. The molecule has 1 aromatic heterocycles. The summed E-state index contributed by atoms with van der Waals surface area (Å²) in [5.74, 6) is 1.83. The quantitative estimate of drug-likeness (QED) is 0.819. The molecule has 0 saturated carbocycles. The third-order valence-electron chi connectivity index (χ3n) is 5.69. The van der Waals surface area contributed by atoms with Gasteiger partial charge in [-0.05, 0) is 17.4 Å². The van der Waals surface area contributed by atoms with Crippen molar-refractivity contribution in [2.75, 3.05) is 5.73 Å². The number of ketones is 1. The number of Topliss-reactive ketones (excluding diaryl/α,β-unsaturated/α-hetero) is 1. The minimum absolute atomic E-state index is 0.115. The van der Waals surface area contributed by atoms with Gasteiger partial charge in [0, 0.05) is 18.4 Å². The van der Waals surface area contributed by atoms with Crippen LogP contribution in [0.25, 0.3) is 0 Å². The number of nitrogens with two attached hydrogens (primary N) is 1. The van der Waals surface area contributed by atoms with Crippen LogP contribution in [0, 0.1) is 5.41 Å². The van der Waals surface area contributed by atoms with Gasteiger partial charge in [0.2, 0.25) is 12.1 Å². The van der Waals surface area contributed by atoms with E-state index in [1.165, 1.54) is 0 Å². The van der Waals surface area contributed by atoms with Gasteiger partial charge in [-0.3, -0.25) is 4.79 Å². The number of rotatable bonds is 4. The molecule has 28 heavy (non-hydrogen) atoms. The first kappa shape index (κ1) is 18.7. The molecule has 1 atom stereocenters. The van der Waals surface area contributed by atoms with Crippen LogP contribution in [0.3, 0.4) is 0 Å². The lowest BCUT2D eigenvalue weighted by molar-refractivity contribution is -0.686. The summed E-state index contributed by atoms with van der Waals surface area (Å²) < 4.78 is 8.16. The average molecular weight is 378 g/mol. The first-order chi connectivity index (χ1) is 13.4. The lowest BCUT2D eigenvalue weighted by Crippen LogP contribution is -2.41. The molecule has 2 N–H and O–H groups in total. The minimum Gasteiger partial charge on any atom is -0.430 e. The van der Waals surface area contributed by atoms with Crippen LogP contribution in [0.2, 0.25) is 0 Å². The van der Waals surface area contributed by atoms with E-state index in [9.17, 15) is 4.79 Å². The molecule has 0 spiro atoms. The monoisotopic (exact) mass is 378 g/mol. The van der Waals surface area contributed by atoms with Crippen LogP contribution in [0.5, 0.6) is 5.88 Å². The lowest BCUT2D eigenvalue weighted by Gasteiger charge is -2.37. The van der Waals surface area contributed by atoms with Gasteiger partial charge in [-0.25, -0.2) is 4.57 Å². The molecule has 1 aliphatic carbocycles. The Morgan fingerprint density at radius 2 is 2.00 bits per heavy atom. The number of nitrogen functional groups attached to an aromatic ring is 1. The number of allylic oxidation sites excluding steroid dienone is 2. The molecule has 2 aromatic rings. The number of aromatic nitrogens is 2. The highest BCUT2D eigenvalue weighted by atomic mass is 16.5. The fourth-order valence-corrected chi connectivity index (χ4v) is 4.31. The van der Waals surface area contributed by atoms with Crippen molar-refractivity contribution < 1.29 is 14.1 Å². The van der Waals surface area contributed by atoms with Gasteiger partial charge < -0.3 is 10.5 Å². The second-order valence-electron chi connectivity index (χ2n) is 8.62. The maximum atomic E-state index is 13.2. The maximum absolute atomic E-state index is 13.2. The predicted molar refractivity (Wildman–Crippen MR) is 108 cm³/mol. The second-order valence-corrected chi connectivity index (χ2v) is 8.62. The van der Waals surface area contributed by atoms with Crippen molar-refractivity contribution in [1.29, 1.82) is 0 Å². The van der Waals surface area contributed by atoms with Crippen LogP contribution in [0.1, 0.15) is 63.5 Å². The highest BCUT2D eigenvalue weighted by Gasteiger charge is 2.45. The number of anilines is 1. The third-order valence-corrected chi connectivity index (χ3v) is 5.69. The Labute approximate surface area is 166 Å². The van der Waals surface area contributed by atoms with Crippen LogP contribution in [-0.2, 0) is 11.3 Å².